The van der Waals surface area contributed by atoms with Crippen LogP contribution in [0.5, 0.6) is 5.75 Å². The highest BCUT2D eigenvalue weighted by Crippen LogP contribution is 2.22. The summed E-state index contributed by atoms with van der Waals surface area (Å²) in [7, 11) is 1.52. The van der Waals surface area contributed by atoms with Crippen molar-refractivity contribution in [2.24, 2.45) is 0 Å². The van der Waals surface area contributed by atoms with Gasteiger partial charge in [0.15, 0.2) is 11.4 Å². The minimum Gasteiger partial charge on any atom is -0.496 e. The molecule has 0 saturated heterocycles. The number of hydrogen-bond acceptors (Lipinski definition) is 6. The topological polar surface area (TPSA) is 82.8 Å². The standard InChI is InChI=1S/C18H17N3O4/c1-11-16(17-19-7-4-8-21(17)20-11)18(23)25-10-14-9-13(12(2)22)5-6-15(14)24-3/h4-9H,10H2,1-3H3. The van der Waals surface area contributed by atoms with Crippen LogP contribution < -0.4 is 4.74 Å². The molecule has 0 aliphatic carbocycles. The van der Waals surface area contributed by atoms with Crippen LogP contribution in [-0.2, 0) is 11.3 Å². The normalized spacial score (nSPS) is 10.7. The number of Topliss-reactive ketones (excluding diaryl/α,β-unsaturated/α-hetero) is 1. The summed E-state index contributed by atoms with van der Waals surface area (Å²) in [6.07, 6.45) is 3.30. The number of hydrogen-bond donors (Lipinski definition) is 0. The smallest absolute Gasteiger partial charge is 0.344 e. The molecule has 128 valence electrons. The highest BCUT2D eigenvalue weighted by atomic mass is 16.5. The molecule has 7 nitrogen and oxygen atoms in total. The number of esters is 1. The Balaban J connectivity index is 1.86. The summed E-state index contributed by atoms with van der Waals surface area (Å²) >= 11 is 0. The van der Waals surface area contributed by atoms with Gasteiger partial charge >= 0.3 is 5.97 Å². The van der Waals surface area contributed by atoms with Gasteiger partial charge in [-0.2, -0.15) is 5.10 Å². The van der Waals surface area contributed by atoms with E-state index in [1.807, 2.05) is 0 Å². The van der Waals surface area contributed by atoms with Gasteiger partial charge < -0.3 is 9.47 Å². The highest BCUT2D eigenvalue weighted by Gasteiger charge is 2.20. The Kier molecular flexibility index (Phi) is 4.47. The van der Waals surface area contributed by atoms with Gasteiger partial charge in [0.25, 0.3) is 0 Å². The van der Waals surface area contributed by atoms with E-state index < -0.39 is 5.97 Å². The van der Waals surface area contributed by atoms with Gasteiger partial charge in [-0.3, -0.25) is 4.79 Å². The fraction of sp³-hybridized carbons (Fsp3) is 0.222. The first-order valence-electron chi connectivity index (χ1n) is 7.66. The highest BCUT2D eigenvalue weighted by molar-refractivity contribution is 5.97. The number of methoxy groups -OCH3 is 1. The zero-order valence-electron chi connectivity index (χ0n) is 14.1. The molecule has 2 heterocycles. The van der Waals surface area contributed by atoms with Crippen molar-refractivity contribution < 1.29 is 19.1 Å². The van der Waals surface area contributed by atoms with E-state index in [-0.39, 0.29) is 12.4 Å². The Morgan fingerprint density at radius 1 is 1.28 bits per heavy atom. The average molecular weight is 339 g/mol. The van der Waals surface area contributed by atoms with Crippen LogP contribution in [0, 0.1) is 6.92 Å². The van der Waals surface area contributed by atoms with Crippen LogP contribution in [0.1, 0.15) is 38.9 Å². The van der Waals surface area contributed by atoms with Crippen molar-refractivity contribution >= 4 is 17.4 Å². The first kappa shape index (κ1) is 16.6. The maximum absolute atomic E-state index is 12.5. The van der Waals surface area contributed by atoms with Crippen molar-refractivity contribution in [3.63, 3.8) is 0 Å². The van der Waals surface area contributed by atoms with Gasteiger partial charge in [-0.15, -0.1) is 0 Å². The van der Waals surface area contributed by atoms with Gasteiger partial charge in [0.2, 0.25) is 0 Å². The second-order valence-corrected chi connectivity index (χ2v) is 5.51. The molecule has 0 N–H and O–H groups in total. The van der Waals surface area contributed by atoms with Crippen molar-refractivity contribution in [1.82, 2.24) is 14.6 Å². The number of nitrogens with zero attached hydrogens (tertiary/aromatic N) is 3. The molecule has 0 saturated carbocycles. The van der Waals surface area contributed by atoms with Gasteiger partial charge in [0.05, 0.1) is 12.8 Å². The summed E-state index contributed by atoms with van der Waals surface area (Å²) in [5.41, 5.74) is 2.44. The Hall–Kier alpha value is -3.22. The number of carbonyl (C=O) groups excluding carboxylic acids is 2. The minimum atomic E-state index is -0.526. The monoisotopic (exact) mass is 339 g/mol. The zero-order valence-corrected chi connectivity index (χ0v) is 14.1. The van der Waals surface area contributed by atoms with Crippen LogP contribution in [-0.4, -0.2) is 33.5 Å². The SMILES string of the molecule is COc1ccc(C(C)=O)cc1COC(=O)c1c(C)nn2cccnc12. The summed E-state index contributed by atoms with van der Waals surface area (Å²) in [6.45, 7) is 3.18. The van der Waals surface area contributed by atoms with Gasteiger partial charge in [-0.05, 0) is 38.1 Å². The number of benzene rings is 1. The largest absolute Gasteiger partial charge is 0.496 e. The molecule has 3 rings (SSSR count). The fourth-order valence-corrected chi connectivity index (χ4v) is 2.56. The summed E-state index contributed by atoms with van der Waals surface area (Å²) in [6, 6.07) is 6.75. The van der Waals surface area contributed by atoms with E-state index in [2.05, 4.69) is 10.1 Å². The molecule has 0 amide bonds. The van der Waals surface area contributed by atoms with Crippen molar-refractivity contribution in [2.45, 2.75) is 20.5 Å². The van der Waals surface area contributed by atoms with Gasteiger partial charge in [0.1, 0.15) is 17.9 Å². The summed E-state index contributed by atoms with van der Waals surface area (Å²) < 4.78 is 12.2. The molecular weight excluding hydrogens is 322 g/mol. The van der Waals surface area contributed by atoms with Crippen LogP contribution in [0.15, 0.2) is 36.7 Å². The second-order valence-electron chi connectivity index (χ2n) is 5.51. The van der Waals surface area contributed by atoms with E-state index in [1.165, 1.54) is 18.5 Å². The molecule has 0 atom stereocenters. The fourth-order valence-electron chi connectivity index (χ4n) is 2.56. The summed E-state index contributed by atoms with van der Waals surface area (Å²) in [4.78, 5) is 28.2. The zero-order chi connectivity index (χ0) is 18.0. The van der Waals surface area contributed by atoms with Gasteiger partial charge in [0, 0.05) is 23.5 Å². The van der Waals surface area contributed by atoms with E-state index in [4.69, 9.17) is 9.47 Å². The molecule has 2 aromatic heterocycles. The molecule has 7 heteroatoms. The lowest BCUT2D eigenvalue weighted by molar-refractivity contribution is 0.0471. The number of fused-ring (bicyclic) bond motifs is 1. The number of aryl methyl sites for hydroxylation is 1. The number of aromatic nitrogens is 3. The quantitative estimate of drug-likeness (QED) is 0.525. The Labute approximate surface area is 144 Å². The molecule has 0 unspecified atom stereocenters. The molecule has 0 radical (unpaired) electrons. The van der Waals surface area contributed by atoms with E-state index in [1.54, 1.807) is 43.6 Å². The Morgan fingerprint density at radius 2 is 2.08 bits per heavy atom. The molecule has 0 fully saturated rings. The molecular formula is C18H17N3O4. The van der Waals surface area contributed by atoms with Crippen LogP contribution >= 0.6 is 0 Å². The lowest BCUT2D eigenvalue weighted by atomic mass is 10.1. The third-order valence-corrected chi connectivity index (χ3v) is 3.82. The van der Waals surface area contributed by atoms with E-state index in [9.17, 15) is 9.59 Å². The number of ether oxygens (including phenoxy) is 2. The van der Waals surface area contributed by atoms with Gasteiger partial charge in [-0.1, -0.05) is 0 Å². The number of rotatable bonds is 5. The predicted molar refractivity (Wildman–Crippen MR) is 89.8 cm³/mol. The molecule has 0 aliphatic heterocycles. The number of carbonyl (C=O) groups is 2. The number of ketones is 1. The lowest BCUT2D eigenvalue weighted by Gasteiger charge is -2.10. The van der Waals surface area contributed by atoms with Crippen molar-refractivity contribution in [2.75, 3.05) is 7.11 Å². The second kappa shape index (κ2) is 6.72. The molecule has 1 aromatic carbocycles. The van der Waals surface area contributed by atoms with E-state index in [0.717, 1.165) is 0 Å². The van der Waals surface area contributed by atoms with Crippen molar-refractivity contribution in [3.05, 3.63) is 59.0 Å². The van der Waals surface area contributed by atoms with Crippen LogP contribution in [0.3, 0.4) is 0 Å². The molecule has 25 heavy (non-hydrogen) atoms. The van der Waals surface area contributed by atoms with Crippen LogP contribution in [0.25, 0.3) is 5.65 Å². The summed E-state index contributed by atoms with van der Waals surface area (Å²) in [5.74, 6) is -0.0492. The Bertz CT molecular complexity index is 962. The summed E-state index contributed by atoms with van der Waals surface area (Å²) in [5, 5.41) is 4.24. The molecule has 0 bridgehead atoms. The molecule has 0 spiro atoms. The minimum absolute atomic E-state index is 0.0211. The first-order valence-corrected chi connectivity index (χ1v) is 7.66. The van der Waals surface area contributed by atoms with Crippen LogP contribution in [0.4, 0.5) is 0 Å². The lowest BCUT2D eigenvalue weighted by Crippen LogP contribution is -2.08. The van der Waals surface area contributed by atoms with Gasteiger partial charge in [-0.25, -0.2) is 14.3 Å². The predicted octanol–water partition coefficient (Wildman–Crippen LogP) is 2.61. The maximum Gasteiger partial charge on any atom is 0.344 e. The van der Waals surface area contributed by atoms with Crippen molar-refractivity contribution in [3.8, 4) is 5.75 Å². The molecule has 0 aliphatic rings. The average Bonchev–Trinajstić information content (AvgIpc) is 2.95. The molecule has 3 aromatic rings. The Morgan fingerprint density at radius 3 is 2.80 bits per heavy atom. The third kappa shape index (κ3) is 3.21. The maximum atomic E-state index is 12.5. The van der Waals surface area contributed by atoms with E-state index >= 15 is 0 Å². The first-order chi connectivity index (χ1) is 12.0. The van der Waals surface area contributed by atoms with Crippen molar-refractivity contribution in [1.29, 1.82) is 0 Å². The third-order valence-electron chi connectivity index (χ3n) is 3.82. The van der Waals surface area contributed by atoms with Crippen LogP contribution in [0.2, 0.25) is 0 Å². The van der Waals surface area contributed by atoms with E-state index in [0.29, 0.717) is 33.8 Å².